The van der Waals surface area contributed by atoms with Crippen molar-refractivity contribution in [3.63, 3.8) is 0 Å². The van der Waals surface area contributed by atoms with Crippen LogP contribution in [0.3, 0.4) is 0 Å². The van der Waals surface area contributed by atoms with Crippen LogP contribution in [0.25, 0.3) is 10.8 Å². The first kappa shape index (κ1) is 10.1. The molecule has 0 unspecified atom stereocenters. The molecule has 78 valence electrons. The van der Waals surface area contributed by atoms with Crippen LogP contribution in [0.5, 0.6) is 0 Å². The second kappa shape index (κ2) is 4.89. The first-order valence-electron chi connectivity index (χ1n) is 5.39. The fourth-order valence-electron chi connectivity index (χ4n) is 1.72. The number of aromatic nitrogens is 1. The Bertz CT molecular complexity index is 439. The highest BCUT2D eigenvalue weighted by molar-refractivity contribution is 5.80. The van der Waals surface area contributed by atoms with E-state index in [4.69, 9.17) is 5.11 Å². The van der Waals surface area contributed by atoms with Crippen LogP contribution in [0.15, 0.2) is 42.7 Å². The highest BCUT2D eigenvalue weighted by atomic mass is 16.2. The summed E-state index contributed by atoms with van der Waals surface area (Å²) < 4.78 is 2.18. The van der Waals surface area contributed by atoms with E-state index in [0.717, 1.165) is 19.4 Å². The first-order valence-corrected chi connectivity index (χ1v) is 5.39. The molecule has 0 radical (unpaired) electrons. The lowest BCUT2D eigenvalue weighted by Gasteiger charge is -1.98. The smallest absolute Gasteiger partial charge is 0.176 e. The molecule has 0 fully saturated rings. The normalized spacial score (nSPS) is 10.7. The lowest BCUT2D eigenvalue weighted by atomic mass is 10.2. The predicted molar refractivity (Wildman–Crippen MR) is 60.5 cm³/mol. The Balaban J connectivity index is 2.16. The highest BCUT2D eigenvalue weighted by Crippen LogP contribution is 2.09. The summed E-state index contributed by atoms with van der Waals surface area (Å²) in [4.78, 5) is 0. The summed E-state index contributed by atoms with van der Waals surface area (Å²) in [5.74, 6) is 0. The average molecular weight is 202 g/mol. The number of fused-ring (bicyclic) bond motifs is 1. The zero-order chi connectivity index (χ0) is 10.5. The third-order valence-corrected chi connectivity index (χ3v) is 2.57. The van der Waals surface area contributed by atoms with Crippen LogP contribution in [-0.2, 0) is 6.54 Å². The van der Waals surface area contributed by atoms with Gasteiger partial charge in [-0.3, -0.25) is 0 Å². The van der Waals surface area contributed by atoms with Crippen molar-refractivity contribution in [3.05, 3.63) is 42.7 Å². The van der Waals surface area contributed by atoms with Gasteiger partial charge in [0.25, 0.3) is 0 Å². The summed E-state index contributed by atoms with van der Waals surface area (Å²) >= 11 is 0. The van der Waals surface area contributed by atoms with Crippen LogP contribution in [0.2, 0.25) is 0 Å². The van der Waals surface area contributed by atoms with Gasteiger partial charge in [0.2, 0.25) is 0 Å². The maximum absolute atomic E-state index is 8.71. The summed E-state index contributed by atoms with van der Waals surface area (Å²) in [6.07, 6.45) is 6.16. The van der Waals surface area contributed by atoms with E-state index < -0.39 is 0 Å². The zero-order valence-electron chi connectivity index (χ0n) is 8.76. The summed E-state index contributed by atoms with van der Waals surface area (Å²) in [6, 6.07) is 10.5. The molecule has 1 aromatic heterocycles. The lowest BCUT2D eigenvalue weighted by Crippen LogP contribution is -2.32. The van der Waals surface area contributed by atoms with Crippen LogP contribution in [0.4, 0.5) is 0 Å². The van der Waals surface area contributed by atoms with Gasteiger partial charge in [0, 0.05) is 24.5 Å². The van der Waals surface area contributed by atoms with E-state index in [9.17, 15) is 0 Å². The molecular formula is C13H16NO+. The summed E-state index contributed by atoms with van der Waals surface area (Å²) in [5, 5.41) is 11.2. The zero-order valence-corrected chi connectivity index (χ0v) is 8.76. The largest absolute Gasteiger partial charge is 0.396 e. The Morgan fingerprint density at radius 1 is 1.00 bits per heavy atom. The van der Waals surface area contributed by atoms with E-state index in [-0.39, 0.29) is 6.61 Å². The van der Waals surface area contributed by atoms with Crippen molar-refractivity contribution in [2.24, 2.45) is 0 Å². The molecule has 0 atom stereocenters. The SMILES string of the molecule is OCCCC[n+]1ccc2ccccc2c1. The van der Waals surface area contributed by atoms with Gasteiger partial charge in [0.15, 0.2) is 12.4 Å². The average Bonchev–Trinajstić information content (AvgIpc) is 2.29. The number of benzene rings is 1. The van der Waals surface area contributed by atoms with Crippen LogP contribution in [-0.4, -0.2) is 11.7 Å². The number of pyridine rings is 1. The Labute approximate surface area is 89.8 Å². The van der Waals surface area contributed by atoms with Gasteiger partial charge in [-0.15, -0.1) is 0 Å². The predicted octanol–water partition coefficient (Wildman–Crippen LogP) is 1.90. The van der Waals surface area contributed by atoms with Crippen molar-refractivity contribution >= 4 is 10.8 Å². The number of rotatable bonds is 4. The molecular weight excluding hydrogens is 186 g/mol. The number of aryl methyl sites for hydroxylation is 1. The fourth-order valence-corrected chi connectivity index (χ4v) is 1.72. The second-order valence-electron chi connectivity index (χ2n) is 3.74. The molecule has 2 nitrogen and oxygen atoms in total. The minimum absolute atomic E-state index is 0.286. The lowest BCUT2D eigenvalue weighted by molar-refractivity contribution is -0.696. The van der Waals surface area contributed by atoms with E-state index in [1.165, 1.54) is 10.8 Å². The van der Waals surface area contributed by atoms with Gasteiger partial charge in [-0.25, -0.2) is 4.57 Å². The minimum Gasteiger partial charge on any atom is -0.396 e. The molecule has 0 aliphatic heterocycles. The summed E-state index contributed by atoms with van der Waals surface area (Å²) in [5.41, 5.74) is 0. The van der Waals surface area contributed by atoms with Crippen LogP contribution < -0.4 is 4.57 Å². The van der Waals surface area contributed by atoms with E-state index in [0.29, 0.717) is 0 Å². The van der Waals surface area contributed by atoms with Gasteiger partial charge < -0.3 is 5.11 Å². The number of hydrogen-bond donors (Lipinski definition) is 1. The Hall–Kier alpha value is -1.41. The number of aliphatic hydroxyl groups is 1. The molecule has 0 amide bonds. The van der Waals surface area contributed by atoms with E-state index >= 15 is 0 Å². The monoisotopic (exact) mass is 202 g/mol. The van der Waals surface area contributed by atoms with Crippen LogP contribution in [0, 0.1) is 0 Å². The second-order valence-corrected chi connectivity index (χ2v) is 3.74. The highest BCUT2D eigenvalue weighted by Gasteiger charge is 2.01. The molecule has 2 aromatic rings. The van der Waals surface area contributed by atoms with Crippen molar-refractivity contribution in [1.82, 2.24) is 0 Å². The van der Waals surface area contributed by atoms with Crippen LogP contribution in [0.1, 0.15) is 12.8 Å². The van der Waals surface area contributed by atoms with E-state index in [1.807, 2.05) is 0 Å². The molecule has 1 N–H and O–H groups in total. The van der Waals surface area contributed by atoms with Gasteiger partial charge >= 0.3 is 0 Å². The third kappa shape index (κ3) is 2.54. The topological polar surface area (TPSA) is 24.1 Å². The molecule has 0 saturated heterocycles. The van der Waals surface area contributed by atoms with Gasteiger partial charge in [-0.1, -0.05) is 18.2 Å². The van der Waals surface area contributed by atoms with Crippen molar-refractivity contribution < 1.29 is 9.67 Å². The maximum atomic E-state index is 8.71. The number of aliphatic hydroxyl groups excluding tert-OH is 1. The van der Waals surface area contributed by atoms with Gasteiger partial charge in [0.1, 0.15) is 6.54 Å². The van der Waals surface area contributed by atoms with Gasteiger partial charge in [0.05, 0.1) is 0 Å². The first-order chi connectivity index (χ1) is 7.40. The van der Waals surface area contributed by atoms with E-state index in [2.05, 4.69) is 47.3 Å². The number of unbranched alkanes of at least 4 members (excludes halogenated alkanes) is 1. The fraction of sp³-hybridized carbons (Fsp3) is 0.308. The summed E-state index contributed by atoms with van der Waals surface area (Å²) in [7, 11) is 0. The van der Waals surface area contributed by atoms with Gasteiger partial charge in [-0.2, -0.15) is 0 Å². The third-order valence-electron chi connectivity index (χ3n) is 2.57. The molecule has 2 heteroatoms. The number of nitrogens with zero attached hydrogens (tertiary/aromatic N) is 1. The van der Waals surface area contributed by atoms with Crippen molar-refractivity contribution in [2.45, 2.75) is 19.4 Å². The van der Waals surface area contributed by atoms with Crippen molar-refractivity contribution in [2.75, 3.05) is 6.61 Å². The van der Waals surface area contributed by atoms with Crippen LogP contribution >= 0.6 is 0 Å². The molecule has 0 aliphatic carbocycles. The van der Waals surface area contributed by atoms with Gasteiger partial charge in [-0.05, 0) is 17.9 Å². The standard InChI is InChI=1S/C13H16NO/c15-10-4-3-8-14-9-7-12-5-1-2-6-13(12)11-14/h1-2,5-7,9,11,15H,3-4,8,10H2/q+1. The Morgan fingerprint density at radius 3 is 2.60 bits per heavy atom. The number of hydrogen-bond acceptors (Lipinski definition) is 1. The molecule has 1 aromatic carbocycles. The Kier molecular flexibility index (Phi) is 3.30. The van der Waals surface area contributed by atoms with Crippen molar-refractivity contribution in [1.29, 1.82) is 0 Å². The van der Waals surface area contributed by atoms with E-state index in [1.54, 1.807) is 0 Å². The molecule has 0 aliphatic rings. The Morgan fingerprint density at radius 2 is 1.80 bits per heavy atom. The quantitative estimate of drug-likeness (QED) is 0.594. The van der Waals surface area contributed by atoms with Crippen molar-refractivity contribution in [3.8, 4) is 0 Å². The molecule has 0 saturated carbocycles. The summed E-state index contributed by atoms with van der Waals surface area (Å²) in [6.45, 7) is 1.26. The molecule has 2 rings (SSSR count). The maximum Gasteiger partial charge on any atom is 0.176 e. The molecule has 0 bridgehead atoms. The minimum atomic E-state index is 0.286. The molecule has 1 heterocycles. The molecule has 0 spiro atoms. The molecule has 15 heavy (non-hydrogen) atoms.